The van der Waals surface area contributed by atoms with E-state index in [1.165, 1.54) is 0 Å². The number of aryl methyl sites for hydroxylation is 1. The number of anilines is 1. The molecule has 0 bridgehead atoms. The number of nitrogens with zero attached hydrogens (tertiary/aromatic N) is 3. The fourth-order valence-corrected chi connectivity index (χ4v) is 2.49. The van der Waals surface area contributed by atoms with Gasteiger partial charge in [0.15, 0.2) is 0 Å². The van der Waals surface area contributed by atoms with Crippen molar-refractivity contribution in [2.24, 2.45) is 0 Å². The number of nitrogens with one attached hydrogen (secondary N) is 1. The highest BCUT2D eigenvalue weighted by Crippen LogP contribution is 2.20. The van der Waals surface area contributed by atoms with Crippen LogP contribution in [0, 0.1) is 0 Å². The minimum atomic E-state index is 0.282. The number of hydrogen-bond acceptors (Lipinski definition) is 5. The second-order valence-electron chi connectivity index (χ2n) is 5.80. The number of ether oxygens (including phenoxy) is 1. The van der Waals surface area contributed by atoms with Crippen molar-refractivity contribution in [2.45, 2.75) is 52.1 Å². The molecule has 0 aromatic carbocycles. The van der Waals surface area contributed by atoms with E-state index in [4.69, 9.17) is 4.74 Å². The number of hydrogen-bond donors (Lipinski definition) is 1. The van der Waals surface area contributed by atoms with Gasteiger partial charge < -0.3 is 15.0 Å². The fraction of sp³-hybridized carbons (Fsp3) is 0.750. The maximum atomic E-state index is 6.09. The summed E-state index contributed by atoms with van der Waals surface area (Å²) in [6, 6.07) is 1.94. The summed E-state index contributed by atoms with van der Waals surface area (Å²) in [5.41, 5.74) is 0. The molecule has 1 aromatic heterocycles. The van der Waals surface area contributed by atoms with Crippen molar-refractivity contribution >= 4 is 5.82 Å². The van der Waals surface area contributed by atoms with Crippen LogP contribution < -0.4 is 10.1 Å². The number of rotatable bonds is 7. The van der Waals surface area contributed by atoms with E-state index in [-0.39, 0.29) is 6.10 Å². The highest BCUT2D eigenvalue weighted by atomic mass is 16.5. The van der Waals surface area contributed by atoms with Crippen LogP contribution in [0.25, 0.3) is 0 Å². The molecule has 1 aromatic rings. The molecule has 0 aliphatic carbocycles. The Bertz CT molecular complexity index is 430. The van der Waals surface area contributed by atoms with Crippen molar-refractivity contribution in [1.82, 2.24) is 14.9 Å². The number of likely N-dealkylation sites (tertiary alicyclic amines) is 1. The molecule has 0 spiro atoms. The first-order valence-electron chi connectivity index (χ1n) is 8.18. The van der Waals surface area contributed by atoms with E-state index < -0.39 is 0 Å². The largest absolute Gasteiger partial charge is 0.474 e. The normalized spacial score (nSPS) is 16.9. The quantitative estimate of drug-likeness (QED) is 0.837. The van der Waals surface area contributed by atoms with Gasteiger partial charge in [-0.25, -0.2) is 4.98 Å². The number of piperidine rings is 1. The molecular formula is C16H28N4O. The van der Waals surface area contributed by atoms with Gasteiger partial charge in [0.05, 0.1) is 0 Å². The summed E-state index contributed by atoms with van der Waals surface area (Å²) < 4.78 is 6.09. The zero-order chi connectivity index (χ0) is 15.1. The molecule has 0 saturated carbocycles. The Balaban J connectivity index is 2.03. The van der Waals surface area contributed by atoms with Gasteiger partial charge in [-0.15, -0.1) is 0 Å². The molecule has 1 aliphatic heterocycles. The molecule has 21 heavy (non-hydrogen) atoms. The fourth-order valence-electron chi connectivity index (χ4n) is 2.49. The van der Waals surface area contributed by atoms with E-state index in [1.807, 2.05) is 6.07 Å². The zero-order valence-electron chi connectivity index (χ0n) is 13.6. The predicted octanol–water partition coefficient (Wildman–Crippen LogP) is 2.72. The molecule has 1 saturated heterocycles. The second-order valence-corrected chi connectivity index (χ2v) is 5.80. The van der Waals surface area contributed by atoms with Crippen molar-refractivity contribution < 1.29 is 4.74 Å². The Morgan fingerprint density at radius 2 is 2.00 bits per heavy atom. The summed E-state index contributed by atoms with van der Waals surface area (Å²) in [6.07, 6.45) is 5.45. The lowest BCUT2D eigenvalue weighted by atomic mass is 10.1. The Morgan fingerprint density at radius 3 is 2.67 bits per heavy atom. The van der Waals surface area contributed by atoms with Gasteiger partial charge >= 0.3 is 0 Å². The van der Waals surface area contributed by atoms with Crippen LogP contribution in [-0.4, -0.2) is 47.7 Å². The third kappa shape index (κ3) is 5.16. The monoisotopic (exact) mass is 292 g/mol. The molecule has 2 heterocycles. The molecular weight excluding hydrogens is 264 g/mol. The molecule has 1 aliphatic rings. The Morgan fingerprint density at radius 1 is 1.24 bits per heavy atom. The van der Waals surface area contributed by atoms with Gasteiger partial charge in [-0.2, -0.15) is 4.98 Å². The summed E-state index contributed by atoms with van der Waals surface area (Å²) in [4.78, 5) is 11.5. The summed E-state index contributed by atoms with van der Waals surface area (Å²) in [6.45, 7) is 7.41. The van der Waals surface area contributed by atoms with Gasteiger partial charge in [-0.3, -0.25) is 0 Å². The van der Waals surface area contributed by atoms with E-state index in [9.17, 15) is 0 Å². The van der Waals surface area contributed by atoms with Crippen LogP contribution in [0.5, 0.6) is 5.88 Å². The SMILES string of the molecule is CCCNc1cc(OC2CCN(C)CC2)nc(CCC)n1. The standard InChI is InChI=1S/C16H28N4O/c1-4-6-14-18-15(17-9-5-2)12-16(19-14)21-13-7-10-20(3)11-8-13/h12-13H,4-11H2,1-3H3,(H,17,18,19). The zero-order valence-corrected chi connectivity index (χ0v) is 13.6. The third-order valence-electron chi connectivity index (χ3n) is 3.73. The van der Waals surface area contributed by atoms with Gasteiger partial charge in [0.1, 0.15) is 17.7 Å². The Kier molecular flexibility index (Phi) is 6.23. The molecule has 5 heteroatoms. The van der Waals surface area contributed by atoms with Crippen molar-refractivity contribution in [1.29, 1.82) is 0 Å². The van der Waals surface area contributed by atoms with Gasteiger partial charge in [-0.05, 0) is 32.7 Å². The summed E-state index contributed by atoms with van der Waals surface area (Å²) >= 11 is 0. The van der Waals surface area contributed by atoms with Crippen LogP contribution in [0.1, 0.15) is 45.4 Å². The van der Waals surface area contributed by atoms with Crippen LogP contribution in [0.2, 0.25) is 0 Å². The lowest BCUT2D eigenvalue weighted by Crippen LogP contribution is -2.35. The summed E-state index contributed by atoms with van der Waals surface area (Å²) in [5, 5.41) is 3.34. The highest BCUT2D eigenvalue weighted by Gasteiger charge is 2.19. The average molecular weight is 292 g/mol. The minimum absolute atomic E-state index is 0.282. The van der Waals surface area contributed by atoms with Crippen molar-refractivity contribution in [3.63, 3.8) is 0 Å². The smallest absolute Gasteiger partial charge is 0.219 e. The maximum absolute atomic E-state index is 6.09. The van der Waals surface area contributed by atoms with Gasteiger partial charge in [-0.1, -0.05) is 13.8 Å². The van der Waals surface area contributed by atoms with Gasteiger partial charge in [0.25, 0.3) is 0 Å². The lowest BCUT2D eigenvalue weighted by molar-refractivity contribution is 0.109. The average Bonchev–Trinajstić information content (AvgIpc) is 2.48. The molecule has 0 radical (unpaired) electrons. The molecule has 118 valence electrons. The molecule has 0 atom stereocenters. The highest BCUT2D eigenvalue weighted by molar-refractivity contribution is 5.38. The van der Waals surface area contributed by atoms with E-state index in [1.54, 1.807) is 0 Å². The van der Waals surface area contributed by atoms with E-state index in [0.29, 0.717) is 0 Å². The minimum Gasteiger partial charge on any atom is -0.474 e. The molecule has 2 rings (SSSR count). The predicted molar refractivity (Wildman–Crippen MR) is 86.0 cm³/mol. The molecule has 1 N–H and O–H groups in total. The van der Waals surface area contributed by atoms with Gasteiger partial charge in [0.2, 0.25) is 5.88 Å². The molecule has 0 unspecified atom stereocenters. The van der Waals surface area contributed by atoms with E-state index in [2.05, 4.69) is 41.1 Å². The summed E-state index contributed by atoms with van der Waals surface area (Å²) in [7, 11) is 2.16. The van der Waals surface area contributed by atoms with Crippen molar-refractivity contribution in [3.8, 4) is 5.88 Å². The van der Waals surface area contributed by atoms with Gasteiger partial charge in [0, 0.05) is 32.1 Å². The third-order valence-corrected chi connectivity index (χ3v) is 3.73. The first kappa shape index (κ1) is 16.0. The first-order valence-corrected chi connectivity index (χ1v) is 8.18. The van der Waals surface area contributed by atoms with Crippen LogP contribution in [0.3, 0.4) is 0 Å². The second kappa shape index (κ2) is 8.17. The van der Waals surface area contributed by atoms with Crippen LogP contribution in [-0.2, 0) is 6.42 Å². The maximum Gasteiger partial charge on any atom is 0.219 e. The van der Waals surface area contributed by atoms with E-state index >= 15 is 0 Å². The van der Waals surface area contributed by atoms with Crippen molar-refractivity contribution in [3.05, 3.63) is 11.9 Å². The summed E-state index contributed by atoms with van der Waals surface area (Å²) in [5.74, 6) is 2.49. The molecule has 5 nitrogen and oxygen atoms in total. The molecule has 0 amide bonds. The van der Waals surface area contributed by atoms with E-state index in [0.717, 1.165) is 69.3 Å². The van der Waals surface area contributed by atoms with Crippen LogP contribution in [0.4, 0.5) is 5.82 Å². The molecule has 1 fully saturated rings. The first-order chi connectivity index (χ1) is 10.2. The Labute approximate surface area is 128 Å². The lowest BCUT2D eigenvalue weighted by Gasteiger charge is -2.29. The Hall–Kier alpha value is -1.36. The number of aromatic nitrogens is 2. The van der Waals surface area contributed by atoms with Crippen LogP contribution >= 0.6 is 0 Å². The van der Waals surface area contributed by atoms with Crippen LogP contribution in [0.15, 0.2) is 6.07 Å². The topological polar surface area (TPSA) is 50.3 Å². The van der Waals surface area contributed by atoms with Crippen molar-refractivity contribution in [2.75, 3.05) is 32.0 Å².